The molecule has 0 N–H and O–H groups in total. The van der Waals surface area contributed by atoms with Gasteiger partial charge in [-0.25, -0.2) is 4.99 Å². The Labute approximate surface area is 97.1 Å². The van der Waals surface area contributed by atoms with Gasteiger partial charge in [0.2, 0.25) is 0 Å². The molecule has 1 fully saturated rings. The molecule has 1 aromatic rings. The minimum absolute atomic E-state index is 0.460. The van der Waals surface area contributed by atoms with Gasteiger partial charge in [-0.1, -0.05) is 37.5 Å². The summed E-state index contributed by atoms with van der Waals surface area (Å²) < 4.78 is 0. The first-order valence-corrected chi connectivity index (χ1v) is 6.07. The van der Waals surface area contributed by atoms with Crippen LogP contribution in [-0.2, 0) is 0 Å². The van der Waals surface area contributed by atoms with Gasteiger partial charge in [-0.3, -0.25) is 0 Å². The lowest BCUT2D eigenvalue weighted by Crippen LogP contribution is -2.08. The van der Waals surface area contributed by atoms with Crippen molar-refractivity contribution in [3.05, 3.63) is 29.8 Å². The van der Waals surface area contributed by atoms with Crippen molar-refractivity contribution < 1.29 is 0 Å². The highest BCUT2D eigenvalue weighted by atomic mass is 14.8. The van der Waals surface area contributed by atoms with Crippen LogP contribution >= 0.6 is 0 Å². The molecule has 0 bridgehead atoms. The van der Waals surface area contributed by atoms with Crippen LogP contribution in [0.3, 0.4) is 0 Å². The van der Waals surface area contributed by atoms with Crippen molar-refractivity contribution in [3.63, 3.8) is 0 Å². The van der Waals surface area contributed by atoms with E-state index in [4.69, 9.17) is 0 Å². The lowest BCUT2D eigenvalue weighted by molar-refractivity contribution is 0.444. The normalized spacial score (nSPS) is 16.6. The maximum atomic E-state index is 4.40. The lowest BCUT2D eigenvalue weighted by atomic mass is 9.96. The minimum atomic E-state index is 0.460. The molecule has 0 spiro atoms. The van der Waals surface area contributed by atoms with E-state index in [1.807, 2.05) is 18.2 Å². The molecule has 1 saturated carbocycles. The quantitative estimate of drug-likeness (QED) is 0.661. The Kier molecular flexibility index (Phi) is 3.90. The zero-order valence-corrected chi connectivity index (χ0v) is 9.82. The summed E-state index contributed by atoms with van der Waals surface area (Å²) in [7, 11) is 0. The number of rotatable bonds is 2. The fraction of sp³-hybridized carbons (Fsp3) is 0.500. The van der Waals surface area contributed by atoms with Crippen LogP contribution in [0, 0.1) is 6.92 Å². The van der Waals surface area contributed by atoms with Crippen LogP contribution in [0.1, 0.15) is 37.7 Å². The Balaban J connectivity index is 2.02. The molecular formula is C14H18N2. The van der Waals surface area contributed by atoms with Gasteiger partial charge in [-0.15, -0.1) is 0 Å². The van der Waals surface area contributed by atoms with Crippen molar-refractivity contribution in [1.29, 1.82) is 0 Å². The van der Waals surface area contributed by atoms with E-state index in [1.165, 1.54) is 37.7 Å². The molecule has 2 rings (SSSR count). The molecular weight excluding hydrogens is 196 g/mol. The van der Waals surface area contributed by atoms with Crippen molar-refractivity contribution in [2.45, 2.75) is 45.1 Å². The molecule has 1 aliphatic carbocycles. The Morgan fingerprint density at radius 1 is 1.12 bits per heavy atom. The molecule has 16 heavy (non-hydrogen) atoms. The molecule has 0 radical (unpaired) electrons. The van der Waals surface area contributed by atoms with E-state index in [1.54, 1.807) is 0 Å². The molecule has 0 heterocycles. The van der Waals surface area contributed by atoms with Gasteiger partial charge >= 0.3 is 0 Å². The molecule has 2 nitrogen and oxygen atoms in total. The zero-order chi connectivity index (χ0) is 11.2. The van der Waals surface area contributed by atoms with Crippen LogP contribution in [0.25, 0.3) is 0 Å². The van der Waals surface area contributed by atoms with Gasteiger partial charge in [-0.05, 0) is 31.4 Å². The van der Waals surface area contributed by atoms with Gasteiger partial charge in [0.15, 0.2) is 0 Å². The molecule has 84 valence electrons. The zero-order valence-electron chi connectivity index (χ0n) is 9.82. The lowest BCUT2D eigenvalue weighted by Gasteiger charge is -2.15. The molecule has 1 aromatic carbocycles. The van der Waals surface area contributed by atoms with Gasteiger partial charge in [0.1, 0.15) is 0 Å². The maximum absolute atomic E-state index is 4.40. The molecule has 0 atom stereocenters. The van der Waals surface area contributed by atoms with E-state index < -0.39 is 0 Å². The predicted octanol–water partition coefficient (Wildman–Crippen LogP) is 4.13. The van der Waals surface area contributed by atoms with E-state index in [-0.39, 0.29) is 0 Å². The maximum Gasteiger partial charge on any atom is 0.0951 e. The fourth-order valence-corrected chi connectivity index (χ4v) is 2.06. The summed E-state index contributed by atoms with van der Waals surface area (Å²) in [4.78, 5) is 8.69. The summed E-state index contributed by atoms with van der Waals surface area (Å²) in [5.41, 5.74) is 2.15. The van der Waals surface area contributed by atoms with E-state index in [9.17, 15) is 0 Å². The summed E-state index contributed by atoms with van der Waals surface area (Å²) in [5.74, 6) is 0. The second-order valence-corrected chi connectivity index (χ2v) is 4.42. The first kappa shape index (κ1) is 11.1. The van der Waals surface area contributed by atoms with Crippen molar-refractivity contribution in [2.75, 3.05) is 0 Å². The third-order valence-electron chi connectivity index (χ3n) is 3.10. The van der Waals surface area contributed by atoms with E-state index in [0.29, 0.717) is 6.04 Å². The number of aliphatic imine (C=N–C) groups is 2. The highest BCUT2D eigenvalue weighted by Gasteiger charge is 2.10. The summed E-state index contributed by atoms with van der Waals surface area (Å²) in [6, 6.07) is 11.4. The van der Waals surface area contributed by atoms with Crippen LogP contribution in [0.5, 0.6) is 0 Å². The predicted molar refractivity (Wildman–Crippen MR) is 67.6 cm³/mol. The average Bonchev–Trinajstić information content (AvgIpc) is 2.33. The Hall–Kier alpha value is -1.40. The minimum Gasteiger partial charge on any atom is -0.222 e. The van der Waals surface area contributed by atoms with Crippen LogP contribution < -0.4 is 0 Å². The summed E-state index contributed by atoms with van der Waals surface area (Å²) in [6.45, 7) is 2.06. The summed E-state index contributed by atoms with van der Waals surface area (Å²) >= 11 is 0. The highest BCUT2D eigenvalue weighted by molar-refractivity contribution is 5.55. The van der Waals surface area contributed by atoms with Crippen molar-refractivity contribution >= 4 is 11.7 Å². The number of benzene rings is 1. The fourth-order valence-electron chi connectivity index (χ4n) is 2.06. The third kappa shape index (κ3) is 3.04. The second kappa shape index (κ2) is 5.62. The van der Waals surface area contributed by atoms with Gasteiger partial charge in [0, 0.05) is 0 Å². The number of hydrogen-bond acceptors (Lipinski definition) is 2. The largest absolute Gasteiger partial charge is 0.222 e. The van der Waals surface area contributed by atoms with Crippen molar-refractivity contribution in [1.82, 2.24) is 0 Å². The number of aryl methyl sites for hydroxylation is 1. The monoisotopic (exact) mass is 214 g/mol. The molecule has 0 aliphatic heterocycles. The van der Waals surface area contributed by atoms with Gasteiger partial charge in [-0.2, -0.15) is 4.99 Å². The smallest absolute Gasteiger partial charge is 0.0951 e. The molecule has 0 saturated heterocycles. The van der Waals surface area contributed by atoms with E-state index in [2.05, 4.69) is 29.0 Å². The van der Waals surface area contributed by atoms with Crippen molar-refractivity contribution in [2.24, 2.45) is 9.98 Å². The van der Waals surface area contributed by atoms with Crippen LogP contribution in [0.15, 0.2) is 34.3 Å². The summed E-state index contributed by atoms with van der Waals surface area (Å²) in [6.07, 6.45) is 6.38. The first-order chi connectivity index (χ1) is 7.86. The van der Waals surface area contributed by atoms with Crippen LogP contribution in [0.2, 0.25) is 0 Å². The third-order valence-corrected chi connectivity index (χ3v) is 3.10. The standard InChI is InChI=1S/C14H18N2/c1-12-7-5-6-10-14(12)16-11-15-13-8-3-2-4-9-13/h5-7,10,13H,2-4,8-9H2,1H3. The SMILES string of the molecule is Cc1ccccc1N=C=NC1CCCCC1. The Bertz CT molecular complexity index is 397. The number of hydrogen-bond donors (Lipinski definition) is 0. The molecule has 0 unspecified atom stereocenters. The van der Waals surface area contributed by atoms with E-state index in [0.717, 1.165) is 5.69 Å². The first-order valence-electron chi connectivity index (χ1n) is 6.07. The van der Waals surface area contributed by atoms with Crippen molar-refractivity contribution in [3.8, 4) is 0 Å². The summed E-state index contributed by atoms with van der Waals surface area (Å²) in [5, 5.41) is 0. The van der Waals surface area contributed by atoms with Gasteiger partial charge in [0.05, 0.1) is 17.7 Å². The second-order valence-electron chi connectivity index (χ2n) is 4.42. The van der Waals surface area contributed by atoms with E-state index >= 15 is 0 Å². The Morgan fingerprint density at radius 3 is 2.62 bits per heavy atom. The topological polar surface area (TPSA) is 24.7 Å². The number of nitrogens with zero attached hydrogens (tertiary/aromatic N) is 2. The molecule has 1 aliphatic rings. The molecule has 0 aromatic heterocycles. The Morgan fingerprint density at radius 2 is 1.88 bits per heavy atom. The van der Waals surface area contributed by atoms with Gasteiger partial charge in [0.25, 0.3) is 0 Å². The molecule has 0 amide bonds. The van der Waals surface area contributed by atoms with Gasteiger partial charge < -0.3 is 0 Å². The number of para-hydroxylation sites is 1. The van der Waals surface area contributed by atoms with Crippen LogP contribution in [-0.4, -0.2) is 12.1 Å². The average molecular weight is 214 g/mol. The highest BCUT2D eigenvalue weighted by Crippen LogP contribution is 2.20. The molecule has 2 heteroatoms. The van der Waals surface area contributed by atoms with Crippen LogP contribution in [0.4, 0.5) is 5.69 Å².